The van der Waals surface area contributed by atoms with Gasteiger partial charge in [-0.3, -0.25) is 4.98 Å². The van der Waals surface area contributed by atoms with Gasteiger partial charge in [0.2, 0.25) is 0 Å². The van der Waals surface area contributed by atoms with Gasteiger partial charge in [-0.25, -0.2) is 24.3 Å². The van der Waals surface area contributed by atoms with E-state index in [4.69, 9.17) is 11.6 Å². The van der Waals surface area contributed by atoms with Crippen LogP contribution in [0.25, 0.3) is 33.2 Å². The predicted molar refractivity (Wildman–Crippen MR) is 142 cm³/mol. The first kappa shape index (κ1) is 24.7. The molecule has 2 aromatic carbocycles. The van der Waals surface area contributed by atoms with Crippen LogP contribution in [-0.4, -0.2) is 30.0 Å². The van der Waals surface area contributed by atoms with Crippen LogP contribution in [0.5, 0.6) is 0 Å². The zero-order chi connectivity index (χ0) is 26.2. The van der Waals surface area contributed by atoms with E-state index in [1.807, 2.05) is 25.1 Å². The Bertz CT molecular complexity index is 1570. The summed E-state index contributed by atoms with van der Waals surface area (Å²) in [5, 5.41) is 14.7. The summed E-state index contributed by atoms with van der Waals surface area (Å²) in [5.41, 5.74) is 3.96. The zero-order valence-corrected chi connectivity index (χ0v) is 21.2. The lowest BCUT2D eigenvalue weighted by Gasteiger charge is -2.20. The van der Waals surface area contributed by atoms with E-state index in [9.17, 15) is 9.50 Å². The number of halogens is 2. The van der Waals surface area contributed by atoms with Crippen molar-refractivity contribution in [3.05, 3.63) is 95.9 Å². The number of hydrogen-bond donors (Lipinski definition) is 2. The first-order valence-corrected chi connectivity index (χ1v) is 12.0. The normalized spacial score (nSPS) is 12.5. The SMILES string of the molecule is CC(Nc1c(Cl)cnc2ccc(-c3cnc(C(C)(C)O)nc3)cc12)c1cc(-c2cncnc2)ccc1F. The third-order valence-corrected chi connectivity index (χ3v) is 6.36. The number of nitrogens with zero attached hydrogens (tertiary/aromatic N) is 5. The van der Waals surface area contributed by atoms with Crippen LogP contribution in [0.15, 0.2) is 73.7 Å². The maximum Gasteiger partial charge on any atom is 0.159 e. The molecule has 0 bridgehead atoms. The van der Waals surface area contributed by atoms with Gasteiger partial charge in [0.05, 0.1) is 22.3 Å². The second-order valence-electron chi connectivity index (χ2n) is 9.30. The molecule has 1 unspecified atom stereocenters. The minimum atomic E-state index is -1.13. The summed E-state index contributed by atoms with van der Waals surface area (Å²) in [4.78, 5) is 21.2. The van der Waals surface area contributed by atoms with Gasteiger partial charge in [0.1, 0.15) is 17.7 Å². The van der Waals surface area contributed by atoms with Crippen molar-refractivity contribution in [3.8, 4) is 22.3 Å². The van der Waals surface area contributed by atoms with E-state index in [0.717, 1.165) is 33.2 Å². The van der Waals surface area contributed by atoms with Gasteiger partial charge in [-0.15, -0.1) is 0 Å². The van der Waals surface area contributed by atoms with Crippen LogP contribution < -0.4 is 5.32 Å². The van der Waals surface area contributed by atoms with Gasteiger partial charge in [-0.05, 0) is 56.2 Å². The quantitative estimate of drug-likeness (QED) is 0.273. The van der Waals surface area contributed by atoms with Gasteiger partial charge in [0.15, 0.2) is 5.82 Å². The average molecular weight is 515 g/mol. The maximum atomic E-state index is 14.9. The van der Waals surface area contributed by atoms with Crippen LogP contribution in [0.1, 0.15) is 38.2 Å². The second-order valence-corrected chi connectivity index (χ2v) is 9.70. The number of benzene rings is 2. The van der Waals surface area contributed by atoms with Crippen LogP contribution in [0.3, 0.4) is 0 Å². The van der Waals surface area contributed by atoms with E-state index >= 15 is 0 Å². The molecule has 0 aliphatic heterocycles. The Balaban J connectivity index is 1.51. The minimum absolute atomic E-state index is 0.334. The molecule has 1 atom stereocenters. The number of anilines is 1. The van der Waals surface area contributed by atoms with Crippen LogP contribution in [0.2, 0.25) is 5.02 Å². The molecular formula is C28H24ClFN6O. The van der Waals surface area contributed by atoms with Crippen molar-refractivity contribution in [2.75, 3.05) is 5.32 Å². The highest BCUT2D eigenvalue weighted by Crippen LogP contribution is 2.36. The molecule has 186 valence electrons. The standard InChI is InChI=1S/C28H24ClFN6O/c1-16(21-8-17(4-6-24(21)30)19-10-31-15-32-11-19)36-26-22-9-18(5-7-25(22)33-14-23(26)29)20-12-34-27(35-13-20)28(2,3)37/h4-16,37H,1-3H3,(H,33,36). The van der Waals surface area contributed by atoms with Crippen molar-refractivity contribution in [2.45, 2.75) is 32.4 Å². The van der Waals surface area contributed by atoms with Crippen molar-refractivity contribution in [2.24, 2.45) is 0 Å². The monoisotopic (exact) mass is 514 g/mol. The molecule has 5 rings (SSSR count). The number of aliphatic hydroxyl groups is 1. The molecule has 0 aliphatic carbocycles. The number of nitrogens with one attached hydrogen (secondary N) is 1. The van der Waals surface area contributed by atoms with Crippen LogP contribution in [0, 0.1) is 5.82 Å². The maximum absolute atomic E-state index is 14.9. The highest BCUT2D eigenvalue weighted by Gasteiger charge is 2.20. The first-order chi connectivity index (χ1) is 17.7. The van der Waals surface area contributed by atoms with Crippen molar-refractivity contribution in [1.29, 1.82) is 0 Å². The number of hydrogen-bond acceptors (Lipinski definition) is 7. The molecule has 3 aromatic heterocycles. The largest absolute Gasteiger partial charge is 0.382 e. The third kappa shape index (κ3) is 5.12. The smallest absolute Gasteiger partial charge is 0.159 e. The number of fused-ring (bicyclic) bond motifs is 1. The molecule has 2 N–H and O–H groups in total. The van der Waals surface area contributed by atoms with Crippen LogP contribution in [-0.2, 0) is 5.60 Å². The molecule has 0 saturated carbocycles. The third-order valence-electron chi connectivity index (χ3n) is 6.07. The van der Waals surface area contributed by atoms with Gasteiger partial charge in [0.25, 0.3) is 0 Å². The fourth-order valence-corrected chi connectivity index (χ4v) is 4.29. The van der Waals surface area contributed by atoms with Gasteiger partial charge in [0, 0.05) is 53.1 Å². The summed E-state index contributed by atoms with van der Waals surface area (Å²) < 4.78 is 14.9. The molecule has 0 amide bonds. The Morgan fingerprint density at radius 3 is 2.22 bits per heavy atom. The minimum Gasteiger partial charge on any atom is -0.382 e. The fraction of sp³-hybridized carbons (Fsp3) is 0.179. The van der Waals surface area contributed by atoms with Crippen molar-refractivity contribution >= 4 is 28.2 Å². The molecular weight excluding hydrogens is 491 g/mol. The Labute approximate surface area is 218 Å². The van der Waals surface area contributed by atoms with Crippen molar-refractivity contribution in [3.63, 3.8) is 0 Å². The zero-order valence-electron chi connectivity index (χ0n) is 20.4. The van der Waals surface area contributed by atoms with Crippen molar-refractivity contribution < 1.29 is 9.50 Å². The summed E-state index contributed by atoms with van der Waals surface area (Å²) in [6.07, 6.45) is 9.75. The van der Waals surface area contributed by atoms with E-state index in [-0.39, 0.29) is 5.82 Å². The van der Waals surface area contributed by atoms with Crippen LogP contribution in [0.4, 0.5) is 10.1 Å². The summed E-state index contributed by atoms with van der Waals surface area (Å²) in [6, 6.07) is 10.3. The van der Waals surface area contributed by atoms with Gasteiger partial charge >= 0.3 is 0 Å². The molecule has 0 saturated heterocycles. The first-order valence-electron chi connectivity index (χ1n) is 11.7. The average Bonchev–Trinajstić information content (AvgIpc) is 2.90. The number of rotatable bonds is 6. The predicted octanol–water partition coefficient (Wildman–Crippen LogP) is 6.34. The van der Waals surface area contributed by atoms with Gasteiger partial charge in [-0.2, -0.15) is 0 Å². The number of pyridine rings is 1. The molecule has 0 radical (unpaired) electrons. The lowest BCUT2D eigenvalue weighted by Crippen LogP contribution is -2.19. The summed E-state index contributed by atoms with van der Waals surface area (Å²) >= 11 is 6.58. The Morgan fingerprint density at radius 2 is 1.51 bits per heavy atom. The highest BCUT2D eigenvalue weighted by atomic mass is 35.5. The van der Waals surface area contributed by atoms with E-state index in [2.05, 4.69) is 30.2 Å². The topological polar surface area (TPSA) is 96.7 Å². The van der Waals surface area contributed by atoms with E-state index in [1.54, 1.807) is 57.0 Å². The lowest BCUT2D eigenvalue weighted by atomic mass is 10.00. The van der Waals surface area contributed by atoms with Crippen LogP contribution >= 0.6 is 11.6 Å². The molecule has 0 spiro atoms. The van der Waals surface area contributed by atoms with E-state index < -0.39 is 11.6 Å². The van der Waals surface area contributed by atoms with Gasteiger partial charge in [-0.1, -0.05) is 23.7 Å². The molecule has 7 nitrogen and oxygen atoms in total. The van der Waals surface area contributed by atoms with E-state index in [0.29, 0.717) is 22.1 Å². The summed E-state index contributed by atoms with van der Waals surface area (Å²) in [5.74, 6) is 0.00377. The summed E-state index contributed by atoms with van der Waals surface area (Å²) in [7, 11) is 0. The molecule has 0 aliphatic rings. The lowest BCUT2D eigenvalue weighted by molar-refractivity contribution is 0.0687. The second kappa shape index (κ2) is 9.80. The Hall–Kier alpha value is -4.01. The molecule has 5 aromatic rings. The fourth-order valence-electron chi connectivity index (χ4n) is 4.09. The Kier molecular flexibility index (Phi) is 6.54. The summed E-state index contributed by atoms with van der Waals surface area (Å²) in [6.45, 7) is 5.15. The van der Waals surface area contributed by atoms with E-state index in [1.165, 1.54) is 12.4 Å². The molecule has 3 heterocycles. The highest BCUT2D eigenvalue weighted by molar-refractivity contribution is 6.34. The molecule has 0 fully saturated rings. The molecule has 37 heavy (non-hydrogen) atoms. The van der Waals surface area contributed by atoms with Crippen molar-refractivity contribution in [1.82, 2.24) is 24.9 Å². The number of aromatic nitrogens is 5. The Morgan fingerprint density at radius 1 is 0.865 bits per heavy atom. The molecule has 9 heteroatoms. The van der Waals surface area contributed by atoms with Gasteiger partial charge < -0.3 is 10.4 Å².